The maximum atomic E-state index is 11.5. The van der Waals surface area contributed by atoms with Crippen molar-refractivity contribution in [2.75, 3.05) is 59.0 Å². The first-order chi connectivity index (χ1) is 13.9. The van der Waals surface area contributed by atoms with Gasteiger partial charge >= 0.3 is 11.9 Å². The van der Waals surface area contributed by atoms with Crippen LogP contribution in [0.2, 0.25) is 0 Å². The predicted octanol–water partition coefficient (Wildman–Crippen LogP) is 0.377. The smallest absolute Gasteiger partial charge is 0.317 e. The van der Waals surface area contributed by atoms with E-state index in [2.05, 4.69) is 17.0 Å². The molecule has 1 unspecified atom stereocenters. The molecule has 1 saturated heterocycles. The number of aryl methyl sites for hydroxylation is 1. The van der Waals surface area contributed by atoms with Crippen molar-refractivity contribution >= 4 is 11.9 Å². The van der Waals surface area contributed by atoms with Crippen LogP contribution in [-0.4, -0.2) is 107 Å². The fraction of sp³-hybridized carbons (Fsp3) is 0.619. The summed E-state index contributed by atoms with van der Waals surface area (Å²) >= 11 is 0. The molecule has 0 aliphatic carbocycles. The highest BCUT2D eigenvalue weighted by atomic mass is 16.4. The zero-order chi connectivity index (χ0) is 21.2. The number of nitrogens with zero attached hydrogens (tertiary/aromatic N) is 3. The molecule has 162 valence electrons. The lowest BCUT2D eigenvalue weighted by Crippen LogP contribution is -2.48. The fourth-order valence-corrected chi connectivity index (χ4v) is 3.78. The molecule has 1 aliphatic rings. The number of carboxylic acids is 2. The Morgan fingerprint density at radius 3 is 2.21 bits per heavy atom. The van der Waals surface area contributed by atoms with E-state index in [1.165, 1.54) is 0 Å². The van der Waals surface area contributed by atoms with Crippen LogP contribution in [0.3, 0.4) is 0 Å². The molecule has 1 aromatic carbocycles. The lowest BCUT2D eigenvalue weighted by Gasteiger charge is -2.33. The number of aliphatic hydroxyl groups excluding tert-OH is 1. The van der Waals surface area contributed by atoms with Gasteiger partial charge in [0.1, 0.15) is 0 Å². The third kappa shape index (κ3) is 8.49. The van der Waals surface area contributed by atoms with Crippen molar-refractivity contribution in [1.82, 2.24) is 14.7 Å². The van der Waals surface area contributed by atoms with Crippen molar-refractivity contribution in [3.63, 3.8) is 0 Å². The molecule has 3 N–H and O–H groups in total. The maximum absolute atomic E-state index is 11.5. The van der Waals surface area contributed by atoms with Crippen molar-refractivity contribution in [1.29, 1.82) is 0 Å². The second kappa shape index (κ2) is 11.9. The maximum Gasteiger partial charge on any atom is 0.317 e. The average Bonchev–Trinajstić information content (AvgIpc) is 2.72. The van der Waals surface area contributed by atoms with Gasteiger partial charge in [0.2, 0.25) is 0 Å². The molecule has 1 atom stereocenters. The van der Waals surface area contributed by atoms with E-state index in [0.717, 1.165) is 11.1 Å². The van der Waals surface area contributed by atoms with Crippen LogP contribution in [0.15, 0.2) is 24.3 Å². The Labute approximate surface area is 172 Å². The Bertz CT molecular complexity index is 652. The molecule has 1 aromatic rings. The van der Waals surface area contributed by atoms with E-state index in [9.17, 15) is 19.8 Å². The van der Waals surface area contributed by atoms with Gasteiger partial charge in [0, 0.05) is 51.9 Å². The van der Waals surface area contributed by atoms with E-state index in [1.807, 2.05) is 28.9 Å². The molecule has 0 aromatic heterocycles. The zero-order valence-electron chi connectivity index (χ0n) is 17.2. The van der Waals surface area contributed by atoms with Crippen molar-refractivity contribution in [2.24, 2.45) is 0 Å². The van der Waals surface area contributed by atoms with Crippen molar-refractivity contribution in [3.8, 4) is 0 Å². The Morgan fingerprint density at radius 2 is 1.59 bits per heavy atom. The van der Waals surface area contributed by atoms with Gasteiger partial charge in [0.15, 0.2) is 0 Å². The molecule has 1 heterocycles. The van der Waals surface area contributed by atoms with E-state index in [1.54, 1.807) is 0 Å². The van der Waals surface area contributed by atoms with Gasteiger partial charge in [0.05, 0.1) is 13.1 Å². The van der Waals surface area contributed by atoms with E-state index in [4.69, 9.17) is 5.11 Å². The van der Waals surface area contributed by atoms with E-state index in [0.29, 0.717) is 52.1 Å². The van der Waals surface area contributed by atoms with Gasteiger partial charge in [-0.15, -0.1) is 0 Å². The van der Waals surface area contributed by atoms with Gasteiger partial charge in [-0.25, -0.2) is 0 Å². The van der Waals surface area contributed by atoms with Crippen LogP contribution >= 0.6 is 0 Å². The molecule has 8 nitrogen and oxygen atoms in total. The largest absolute Gasteiger partial charge is 0.480 e. The Kier molecular flexibility index (Phi) is 9.53. The lowest BCUT2D eigenvalue weighted by atomic mass is 10.0. The van der Waals surface area contributed by atoms with E-state index < -0.39 is 11.9 Å². The topological polar surface area (TPSA) is 105 Å². The van der Waals surface area contributed by atoms with Crippen molar-refractivity contribution < 1.29 is 24.9 Å². The molecule has 0 spiro atoms. The summed E-state index contributed by atoms with van der Waals surface area (Å²) < 4.78 is 0. The predicted molar refractivity (Wildman–Crippen MR) is 110 cm³/mol. The monoisotopic (exact) mass is 407 g/mol. The van der Waals surface area contributed by atoms with Crippen molar-refractivity contribution in [2.45, 2.75) is 25.8 Å². The van der Waals surface area contributed by atoms with Crippen LogP contribution < -0.4 is 0 Å². The number of aliphatic carboxylic acids is 2. The SMILES string of the molecule is Cc1ccc(CC2CN(CC(=O)O)CCN(CCCO)CCN2CC(=O)O)cc1. The summed E-state index contributed by atoms with van der Waals surface area (Å²) in [5, 5.41) is 27.9. The summed E-state index contributed by atoms with van der Waals surface area (Å²) in [6.07, 6.45) is 1.31. The Hall–Kier alpha value is -2.00. The summed E-state index contributed by atoms with van der Waals surface area (Å²) in [4.78, 5) is 28.9. The summed E-state index contributed by atoms with van der Waals surface area (Å²) in [6.45, 7) is 5.77. The van der Waals surface area contributed by atoms with Gasteiger partial charge in [-0.1, -0.05) is 29.8 Å². The quantitative estimate of drug-likeness (QED) is 0.540. The highest BCUT2D eigenvalue weighted by Crippen LogP contribution is 2.14. The first kappa shape index (κ1) is 23.3. The van der Waals surface area contributed by atoms with Crippen molar-refractivity contribution in [3.05, 3.63) is 35.4 Å². The minimum Gasteiger partial charge on any atom is -0.480 e. The molecular weight excluding hydrogens is 374 g/mol. The summed E-state index contributed by atoms with van der Waals surface area (Å²) in [7, 11) is 0. The number of carbonyl (C=O) groups is 2. The third-order valence-corrected chi connectivity index (χ3v) is 5.34. The second-order valence-corrected chi connectivity index (χ2v) is 7.76. The summed E-state index contributed by atoms with van der Waals surface area (Å²) in [5.74, 6) is -1.77. The van der Waals surface area contributed by atoms with Gasteiger partial charge in [-0.2, -0.15) is 0 Å². The van der Waals surface area contributed by atoms with Gasteiger partial charge in [-0.3, -0.25) is 19.4 Å². The van der Waals surface area contributed by atoms with Crippen LogP contribution in [0.25, 0.3) is 0 Å². The number of aliphatic hydroxyl groups is 1. The number of rotatable bonds is 9. The first-order valence-corrected chi connectivity index (χ1v) is 10.2. The van der Waals surface area contributed by atoms with E-state index in [-0.39, 0.29) is 25.7 Å². The molecule has 2 rings (SSSR count). The molecule has 1 aliphatic heterocycles. The van der Waals surface area contributed by atoms with Crippen LogP contribution in [-0.2, 0) is 16.0 Å². The highest BCUT2D eigenvalue weighted by molar-refractivity contribution is 5.69. The van der Waals surface area contributed by atoms with Gasteiger partial charge in [-0.05, 0) is 25.3 Å². The number of hydrogen-bond acceptors (Lipinski definition) is 6. The minimum absolute atomic E-state index is 0.0703. The summed E-state index contributed by atoms with van der Waals surface area (Å²) in [6, 6.07) is 8.09. The molecule has 0 saturated carbocycles. The standard InChI is InChI=1S/C21H33N3O5/c1-17-3-5-18(6-4-17)13-19-14-23(15-20(26)27)9-8-22(7-2-12-25)10-11-24(19)16-21(28)29/h3-6,19,25H,2,7-16H2,1H3,(H,26,27)(H,28,29). The summed E-state index contributed by atoms with van der Waals surface area (Å²) in [5.41, 5.74) is 2.28. The molecular formula is C21H33N3O5. The molecule has 1 fully saturated rings. The van der Waals surface area contributed by atoms with Crippen LogP contribution in [0.5, 0.6) is 0 Å². The van der Waals surface area contributed by atoms with Gasteiger partial charge < -0.3 is 20.2 Å². The first-order valence-electron chi connectivity index (χ1n) is 10.2. The number of benzene rings is 1. The fourth-order valence-electron chi connectivity index (χ4n) is 3.78. The third-order valence-electron chi connectivity index (χ3n) is 5.34. The van der Waals surface area contributed by atoms with Crippen LogP contribution in [0, 0.1) is 6.92 Å². The highest BCUT2D eigenvalue weighted by Gasteiger charge is 2.27. The lowest BCUT2D eigenvalue weighted by molar-refractivity contribution is -0.140. The molecule has 8 heteroatoms. The Morgan fingerprint density at radius 1 is 0.966 bits per heavy atom. The number of carboxylic acid groups (broad SMARTS) is 2. The van der Waals surface area contributed by atoms with Crippen LogP contribution in [0.1, 0.15) is 17.5 Å². The second-order valence-electron chi connectivity index (χ2n) is 7.76. The van der Waals surface area contributed by atoms with Crippen LogP contribution in [0.4, 0.5) is 0 Å². The zero-order valence-corrected chi connectivity index (χ0v) is 17.2. The average molecular weight is 408 g/mol. The molecule has 0 radical (unpaired) electrons. The molecule has 0 bridgehead atoms. The number of hydrogen-bond donors (Lipinski definition) is 3. The van der Waals surface area contributed by atoms with Gasteiger partial charge in [0.25, 0.3) is 0 Å². The normalized spacial score (nSPS) is 20.0. The Balaban J connectivity index is 2.23. The minimum atomic E-state index is -0.884. The molecule has 0 amide bonds. The van der Waals surface area contributed by atoms with E-state index >= 15 is 0 Å². The molecule has 29 heavy (non-hydrogen) atoms.